The van der Waals surface area contributed by atoms with Gasteiger partial charge in [0.05, 0.1) is 7.11 Å². The van der Waals surface area contributed by atoms with E-state index in [9.17, 15) is 0 Å². The number of hydrogen-bond acceptors (Lipinski definition) is 2. The molecule has 0 saturated carbocycles. The van der Waals surface area contributed by atoms with Crippen LogP contribution >= 0.6 is 0 Å². The van der Waals surface area contributed by atoms with Crippen LogP contribution in [0.15, 0.2) is 24.3 Å². The Morgan fingerprint density at radius 1 is 1.12 bits per heavy atom. The number of ether oxygens (including phenoxy) is 1. The summed E-state index contributed by atoms with van der Waals surface area (Å²) >= 11 is 0. The van der Waals surface area contributed by atoms with Crippen molar-refractivity contribution in [1.82, 2.24) is 0 Å². The van der Waals surface area contributed by atoms with Crippen molar-refractivity contribution < 1.29 is 4.74 Å². The second kappa shape index (κ2) is 7.33. The van der Waals surface area contributed by atoms with Crippen LogP contribution in [0.3, 0.4) is 0 Å². The van der Waals surface area contributed by atoms with E-state index in [4.69, 9.17) is 10.5 Å². The molecule has 2 N–H and O–H groups in total. The molecule has 2 heteroatoms. The molecule has 0 heterocycles. The molecule has 0 aromatic heterocycles. The topological polar surface area (TPSA) is 35.2 Å². The molecule has 96 valence electrons. The van der Waals surface area contributed by atoms with E-state index in [1.54, 1.807) is 7.11 Å². The standard InChI is InChI=1S/C15H25NO/c1-4-12(5-2)10-14(16)11-13-6-8-15(17-3)9-7-13/h6-9,12,14H,4-5,10-11,16H2,1-3H3. The van der Waals surface area contributed by atoms with E-state index in [0.717, 1.165) is 24.5 Å². The molecule has 0 aliphatic rings. The van der Waals surface area contributed by atoms with Gasteiger partial charge in [-0.1, -0.05) is 38.8 Å². The average molecular weight is 235 g/mol. The zero-order chi connectivity index (χ0) is 12.7. The van der Waals surface area contributed by atoms with Crippen LogP contribution in [0.25, 0.3) is 0 Å². The van der Waals surface area contributed by atoms with Gasteiger partial charge < -0.3 is 10.5 Å². The largest absolute Gasteiger partial charge is 0.497 e. The lowest BCUT2D eigenvalue weighted by Gasteiger charge is -2.18. The molecule has 1 atom stereocenters. The fraction of sp³-hybridized carbons (Fsp3) is 0.600. The third-order valence-corrected chi connectivity index (χ3v) is 3.45. The van der Waals surface area contributed by atoms with E-state index in [2.05, 4.69) is 26.0 Å². The van der Waals surface area contributed by atoms with Crippen molar-refractivity contribution in [2.45, 2.75) is 45.6 Å². The van der Waals surface area contributed by atoms with Gasteiger partial charge in [0, 0.05) is 6.04 Å². The molecule has 0 radical (unpaired) electrons. The van der Waals surface area contributed by atoms with Crippen molar-refractivity contribution >= 4 is 0 Å². The first-order valence-electron chi connectivity index (χ1n) is 6.58. The summed E-state index contributed by atoms with van der Waals surface area (Å²) in [5.74, 6) is 1.67. The normalized spacial score (nSPS) is 12.8. The predicted octanol–water partition coefficient (Wildman–Crippen LogP) is 3.39. The lowest BCUT2D eigenvalue weighted by molar-refractivity contribution is 0.406. The molecule has 0 aliphatic heterocycles. The first kappa shape index (κ1) is 14.0. The van der Waals surface area contributed by atoms with Crippen molar-refractivity contribution in [3.63, 3.8) is 0 Å². The minimum atomic E-state index is 0.272. The van der Waals surface area contributed by atoms with Crippen LogP contribution in [0.5, 0.6) is 5.75 Å². The molecule has 1 aromatic rings. The highest BCUT2D eigenvalue weighted by Gasteiger charge is 2.10. The van der Waals surface area contributed by atoms with Crippen molar-refractivity contribution in [3.05, 3.63) is 29.8 Å². The van der Waals surface area contributed by atoms with E-state index in [1.807, 2.05) is 12.1 Å². The fourth-order valence-electron chi connectivity index (χ4n) is 2.20. The Labute approximate surface area is 105 Å². The minimum absolute atomic E-state index is 0.272. The monoisotopic (exact) mass is 235 g/mol. The second-order valence-corrected chi connectivity index (χ2v) is 4.73. The maximum absolute atomic E-state index is 6.20. The average Bonchev–Trinajstić information content (AvgIpc) is 2.37. The summed E-state index contributed by atoms with van der Waals surface area (Å²) in [7, 11) is 1.69. The number of nitrogens with two attached hydrogens (primary N) is 1. The summed E-state index contributed by atoms with van der Waals surface area (Å²) in [4.78, 5) is 0. The molecule has 0 spiro atoms. The zero-order valence-electron chi connectivity index (χ0n) is 11.3. The van der Waals surface area contributed by atoms with E-state index in [-0.39, 0.29) is 6.04 Å². The molecule has 0 saturated heterocycles. The van der Waals surface area contributed by atoms with Gasteiger partial charge in [0.15, 0.2) is 0 Å². The van der Waals surface area contributed by atoms with Crippen LogP contribution in [0.4, 0.5) is 0 Å². The van der Waals surface area contributed by atoms with Crippen molar-refractivity contribution in [1.29, 1.82) is 0 Å². The summed E-state index contributed by atoms with van der Waals surface area (Å²) in [5, 5.41) is 0. The van der Waals surface area contributed by atoms with Gasteiger partial charge in [0.2, 0.25) is 0 Å². The Bertz CT molecular complexity index is 303. The lowest BCUT2D eigenvalue weighted by atomic mass is 9.92. The molecule has 1 unspecified atom stereocenters. The van der Waals surface area contributed by atoms with E-state index >= 15 is 0 Å². The third kappa shape index (κ3) is 4.78. The van der Waals surface area contributed by atoms with Gasteiger partial charge in [-0.2, -0.15) is 0 Å². The third-order valence-electron chi connectivity index (χ3n) is 3.45. The molecule has 2 nitrogen and oxygen atoms in total. The molecule has 17 heavy (non-hydrogen) atoms. The Balaban J connectivity index is 2.46. The van der Waals surface area contributed by atoms with Gasteiger partial charge in [-0.15, -0.1) is 0 Å². The second-order valence-electron chi connectivity index (χ2n) is 4.73. The summed E-state index contributed by atoms with van der Waals surface area (Å²) < 4.78 is 5.14. The molecule has 1 rings (SSSR count). The lowest BCUT2D eigenvalue weighted by Crippen LogP contribution is -2.25. The van der Waals surface area contributed by atoms with Gasteiger partial charge >= 0.3 is 0 Å². The predicted molar refractivity (Wildman–Crippen MR) is 73.4 cm³/mol. The van der Waals surface area contributed by atoms with Gasteiger partial charge in [-0.25, -0.2) is 0 Å². The van der Waals surface area contributed by atoms with E-state index < -0.39 is 0 Å². The van der Waals surface area contributed by atoms with Crippen LogP contribution in [-0.4, -0.2) is 13.2 Å². The smallest absolute Gasteiger partial charge is 0.118 e. The highest BCUT2D eigenvalue weighted by Crippen LogP contribution is 2.17. The van der Waals surface area contributed by atoms with Crippen molar-refractivity contribution in [2.24, 2.45) is 11.7 Å². The maximum Gasteiger partial charge on any atom is 0.118 e. The number of methoxy groups -OCH3 is 1. The van der Waals surface area contributed by atoms with Gasteiger partial charge in [-0.3, -0.25) is 0 Å². The highest BCUT2D eigenvalue weighted by atomic mass is 16.5. The maximum atomic E-state index is 6.20. The van der Waals surface area contributed by atoms with Crippen LogP contribution in [-0.2, 0) is 6.42 Å². The summed E-state index contributed by atoms with van der Waals surface area (Å²) in [5.41, 5.74) is 7.49. The Hall–Kier alpha value is -1.02. The van der Waals surface area contributed by atoms with Crippen LogP contribution in [0.1, 0.15) is 38.7 Å². The molecule has 0 aliphatic carbocycles. The van der Waals surface area contributed by atoms with Crippen LogP contribution in [0, 0.1) is 5.92 Å². The van der Waals surface area contributed by atoms with Gasteiger partial charge in [-0.05, 0) is 36.5 Å². The SMILES string of the molecule is CCC(CC)CC(N)Cc1ccc(OC)cc1. The van der Waals surface area contributed by atoms with Crippen LogP contribution in [0.2, 0.25) is 0 Å². The summed E-state index contributed by atoms with van der Waals surface area (Å²) in [6.07, 6.45) is 4.54. The summed E-state index contributed by atoms with van der Waals surface area (Å²) in [6.45, 7) is 4.49. The first-order chi connectivity index (χ1) is 8.19. The highest BCUT2D eigenvalue weighted by molar-refractivity contribution is 5.27. The Morgan fingerprint density at radius 2 is 1.71 bits per heavy atom. The minimum Gasteiger partial charge on any atom is -0.497 e. The molecule has 0 bridgehead atoms. The molecule has 0 amide bonds. The van der Waals surface area contributed by atoms with Crippen molar-refractivity contribution in [2.75, 3.05) is 7.11 Å². The van der Waals surface area contributed by atoms with Gasteiger partial charge in [0.25, 0.3) is 0 Å². The Kier molecular flexibility index (Phi) is 6.06. The van der Waals surface area contributed by atoms with E-state index in [0.29, 0.717) is 0 Å². The fourth-order valence-corrected chi connectivity index (χ4v) is 2.20. The first-order valence-corrected chi connectivity index (χ1v) is 6.58. The molecule has 0 fully saturated rings. The quantitative estimate of drug-likeness (QED) is 0.786. The summed E-state index contributed by atoms with van der Waals surface area (Å²) in [6, 6.07) is 8.48. The molecule has 1 aromatic carbocycles. The van der Waals surface area contributed by atoms with Gasteiger partial charge in [0.1, 0.15) is 5.75 Å². The molecular weight excluding hydrogens is 210 g/mol. The number of hydrogen-bond donors (Lipinski definition) is 1. The van der Waals surface area contributed by atoms with Crippen molar-refractivity contribution in [3.8, 4) is 5.75 Å². The zero-order valence-corrected chi connectivity index (χ0v) is 11.3. The molecular formula is C15H25NO. The van der Waals surface area contributed by atoms with Crippen LogP contribution < -0.4 is 10.5 Å². The number of benzene rings is 1. The Morgan fingerprint density at radius 3 is 2.18 bits per heavy atom. The number of rotatable bonds is 7. The van der Waals surface area contributed by atoms with E-state index in [1.165, 1.54) is 18.4 Å².